The van der Waals surface area contributed by atoms with Gasteiger partial charge in [-0.2, -0.15) is 0 Å². The van der Waals surface area contributed by atoms with Crippen molar-refractivity contribution in [1.29, 1.82) is 0 Å². The molecule has 2 unspecified atom stereocenters. The van der Waals surface area contributed by atoms with Crippen molar-refractivity contribution >= 4 is 11.9 Å². The third kappa shape index (κ3) is 7.07. The van der Waals surface area contributed by atoms with Gasteiger partial charge >= 0.3 is 11.9 Å². The van der Waals surface area contributed by atoms with Gasteiger partial charge in [0.25, 0.3) is 0 Å². The molecule has 6 N–H and O–H groups in total. The molecule has 3 aliphatic rings. The number of hydrogen-bond donors (Lipinski definition) is 6. The highest BCUT2D eigenvalue weighted by Crippen LogP contribution is 2.27. The highest BCUT2D eigenvalue weighted by molar-refractivity contribution is 5.98. The third-order valence-electron chi connectivity index (χ3n) is 8.44. The lowest BCUT2D eigenvalue weighted by Gasteiger charge is -2.34. The van der Waals surface area contributed by atoms with Crippen LogP contribution in [0.4, 0.5) is 0 Å². The van der Waals surface area contributed by atoms with Crippen LogP contribution in [0.1, 0.15) is 115 Å². The molecule has 0 aromatic carbocycles. The minimum Gasteiger partial charge on any atom is -0.478 e. The number of pyridine rings is 1. The standard InChI is InChI=1S/C28H45N5O4/c1-2-3-4-9-18-25(27(34)35)23-16-31-21-12-7-5-10-19(21)29-14-15-30-20-11-6-8-13-22(20)32-17-24(33-23)26(18)28(36)37/h19-22,29-32H,2-17H2,1H3,(H,34,35)(H,36,37)/t19-,20?,21-,22?/m1/s1. The Kier molecular flexibility index (Phi) is 10.3. The SMILES string of the molecule is CCCCCc1c(C(=O)O)c2nc(c1C(=O)O)CN[C@@H]1CCCC[C@H]1NCCNC1CCCCC1NC2. The highest BCUT2D eigenvalue weighted by Gasteiger charge is 2.31. The number of nitrogens with zero attached hydrogens (tertiary/aromatic N) is 1. The minimum absolute atomic E-state index is 0.0756. The summed E-state index contributed by atoms with van der Waals surface area (Å²) in [7, 11) is 0. The van der Waals surface area contributed by atoms with E-state index in [1.165, 1.54) is 12.8 Å². The number of carboxylic acid groups (broad SMARTS) is 2. The van der Waals surface area contributed by atoms with Crippen LogP contribution in [0.3, 0.4) is 0 Å². The van der Waals surface area contributed by atoms with Crippen molar-refractivity contribution < 1.29 is 19.8 Å². The van der Waals surface area contributed by atoms with E-state index in [9.17, 15) is 19.8 Å². The van der Waals surface area contributed by atoms with Crippen LogP contribution in [0.15, 0.2) is 0 Å². The fraction of sp³-hybridized carbons (Fsp3) is 0.750. The second-order valence-electron chi connectivity index (χ2n) is 11.0. The molecule has 0 spiro atoms. The van der Waals surface area contributed by atoms with Gasteiger partial charge in [-0.15, -0.1) is 0 Å². The molecule has 4 atom stereocenters. The van der Waals surface area contributed by atoms with E-state index in [0.717, 1.165) is 70.9 Å². The summed E-state index contributed by atoms with van der Waals surface area (Å²) in [6, 6.07) is 1.12. The van der Waals surface area contributed by atoms with Crippen LogP contribution in [0.2, 0.25) is 0 Å². The molecule has 4 rings (SSSR count). The summed E-state index contributed by atoms with van der Waals surface area (Å²) in [5.41, 5.74) is 1.49. The van der Waals surface area contributed by atoms with E-state index in [-0.39, 0.29) is 23.2 Å². The average molecular weight is 516 g/mol. The molecule has 2 saturated carbocycles. The third-order valence-corrected chi connectivity index (χ3v) is 8.44. The highest BCUT2D eigenvalue weighted by atomic mass is 16.4. The van der Waals surface area contributed by atoms with Crippen molar-refractivity contribution in [2.75, 3.05) is 13.1 Å². The van der Waals surface area contributed by atoms with E-state index in [2.05, 4.69) is 28.2 Å². The molecule has 0 amide bonds. The number of hydrogen-bond acceptors (Lipinski definition) is 7. The minimum atomic E-state index is -1.09. The van der Waals surface area contributed by atoms with Gasteiger partial charge in [-0.1, -0.05) is 45.4 Å². The molecule has 0 saturated heterocycles. The van der Waals surface area contributed by atoms with Crippen molar-refractivity contribution in [3.05, 3.63) is 28.1 Å². The zero-order valence-electron chi connectivity index (χ0n) is 22.3. The predicted molar refractivity (Wildman–Crippen MR) is 143 cm³/mol. The molecule has 2 fully saturated rings. The summed E-state index contributed by atoms with van der Waals surface area (Å²) >= 11 is 0. The van der Waals surface area contributed by atoms with E-state index in [1.807, 2.05) is 0 Å². The summed E-state index contributed by atoms with van der Waals surface area (Å²) in [6.07, 6.45) is 12.0. The van der Waals surface area contributed by atoms with Gasteiger partial charge in [0.1, 0.15) is 0 Å². The summed E-state index contributed by atoms with van der Waals surface area (Å²) in [5.74, 6) is -2.18. The fourth-order valence-electron chi connectivity index (χ4n) is 6.52. The van der Waals surface area contributed by atoms with E-state index in [1.54, 1.807) is 0 Å². The lowest BCUT2D eigenvalue weighted by molar-refractivity contribution is 0.0692. The molecule has 0 radical (unpaired) electrons. The number of nitrogens with one attached hydrogen (secondary N) is 4. The van der Waals surface area contributed by atoms with Crippen LogP contribution in [0.5, 0.6) is 0 Å². The number of rotatable bonds is 6. The number of carboxylic acids is 2. The van der Waals surface area contributed by atoms with Crippen LogP contribution in [0.25, 0.3) is 0 Å². The summed E-state index contributed by atoms with van der Waals surface area (Å²) < 4.78 is 0. The van der Waals surface area contributed by atoms with Crippen molar-refractivity contribution in [2.24, 2.45) is 0 Å². The summed E-state index contributed by atoms with van der Waals surface area (Å²) in [4.78, 5) is 29.8. The number of carbonyl (C=O) groups is 2. The van der Waals surface area contributed by atoms with Crippen molar-refractivity contribution in [2.45, 2.75) is 121 Å². The smallest absolute Gasteiger partial charge is 0.337 e. The Bertz CT molecular complexity index is 873. The van der Waals surface area contributed by atoms with Crippen molar-refractivity contribution in [1.82, 2.24) is 26.3 Å². The molecule has 1 aromatic rings. The fourth-order valence-corrected chi connectivity index (χ4v) is 6.52. The van der Waals surface area contributed by atoms with Crippen molar-refractivity contribution in [3.8, 4) is 0 Å². The monoisotopic (exact) mass is 515 g/mol. The predicted octanol–water partition coefficient (Wildman–Crippen LogP) is 3.21. The second kappa shape index (κ2) is 13.6. The van der Waals surface area contributed by atoms with Crippen LogP contribution in [-0.4, -0.2) is 64.4 Å². The molecule has 2 heterocycles. The number of fused-ring (bicyclic) bond motifs is 4. The Balaban J connectivity index is 1.75. The Morgan fingerprint density at radius 1 is 0.730 bits per heavy atom. The summed E-state index contributed by atoms with van der Waals surface area (Å²) in [5, 5.41) is 35.2. The van der Waals surface area contributed by atoms with Crippen LogP contribution in [0, 0.1) is 0 Å². The number of unbranched alkanes of at least 4 members (excludes halogenated alkanes) is 2. The molecule has 1 aliphatic heterocycles. The first kappa shape index (κ1) is 28.0. The molecule has 206 valence electrons. The summed E-state index contributed by atoms with van der Waals surface area (Å²) in [6.45, 7) is 4.51. The first-order valence-electron chi connectivity index (χ1n) is 14.4. The van der Waals surface area contributed by atoms with Gasteiger partial charge in [-0.05, 0) is 44.1 Å². The quantitative estimate of drug-likeness (QED) is 0.316. The lowest BCUT2D eigenvalue weighted by Crippen LogP contribution is -2.53. The van der Waals surface area contributed by atoms with Gasteiger partial charge in [-0.25, -0.2) is 9.59 Å². The zero-order chi connectivity index (χ0) is 26.2. The average Bonchev–Trinajstić information content (AvgIpc) is 2.89. The van der Waals surface area contributed by atoms with Gasteiger partial charge in [0, 0.05) is 50.3 Å². The van der Waals surface area contributed by atoms with Crippen molar-refractivity contribution in [3.63, 3.8) is 0 Å². The van der Waals surface area contributed by atoms with Gasteiger partial charge in [0.2, 0.25) is 0 Å². The van der Waals surface area contributed by atoms with Crippen LogP contribution >= 0.6 is 0 Å². The number of aromatic nitrogens is 1. The van der Waals surface area contributed by atoms with Gasteiger partial charge in [0.05, 0.1) is 22.5 Å². The first-order valence-corrected chi connectivity index (χ1v) is 14.4. The largest absolute Gasteiger partial charge is 0.478 e. The van der Waals surface area contributed by atoms with Gasteiger partial charge in [-0.3, -0.25) is 4.98 Å². The van der Waals surface area contributed by atoms with E-state index < -0.39 is 11.9 Å². The molecule has 2 bridgehead atoms. The Morgan fingerprint density at radius 2 is 1.16 bits per heavy atom. The maximum absolute atomic E-state index is 12.5. The lowest BCUT2D eigenvalue weighted by atomic mass is 9.89. The van der Waals surface area contributed by atoms with E-state index in [4.69, 9.17) is 4.98 Å². The topological polar surface area (TPSA) is 136 Å². The van der Waals surface area contributed by atoms with Gasteiger partial charge in [0.15, 0.2) is 0 Å². The molecule has 2 aliphatic carbocycles. The van der Waals surface area contributed by atoms with Crippen LogP contribution in [-0.2, 0) is 19.5 Å². The Hall–Kier alpha value is -2.07. The molecule has 9 heteroatoms. The molecule has 9 nitrogen and oxygen atoms in total. The van der Waals surface area contributed by atoms with E-state index in [0.29, 0.717) is 48.5 Å². The maximum atomic E-state index is 12.5. The Morgan fingerprint density at radius 3 is 1.57 bits per heavy atom. The molecular formula is C28H45N5O4. The normalized spacial score (nSPS) is 27.3. The molecular weight excluding hydrogens is 470 g/mol. The van der Waals surface area contributed by atoms with Crippen LogP contribution < -0.4 is 21.3 Å². The Labute approximate surface area is 220 Å². The zero-order valence-corrected chi connectivity index (χ0v) is 22.3. The maximum Gasteiger partial charge on any atom is 0.337 e. The molecule has 37 heavy (non-hydrogen) atoms. The molecule has 1 aromatic heterocycles. The van der Waals surface area contributed by atoms with Gasteiger partial charge < -0.3 is 31.5 Å². The number of aromatic carboxylic acids is 2. The second-order valence-corrected chi connectivity index (χ2v) is 11.0. The first-order chi connectivity index (χ1) is 18.0. The van der Waals surface area contributed by atoms with E-state index >= 15 is 0 Å².